The maximum Gasteiger partial charge on any atom is 0.233 e. The number of hydrogen-bond acceptors (Lipinski definition) is 5. The lowest BCUT2D eigenvalue weighted by molar-refractivity contribution is -0.119. The Balaban J connectivity index is 1.79. The van der Waals surface area contributed by atoms with Crippen molar-refractivity contribution in [1.29, 1.82) is 0 Å². The molecule has 0 bridgehead atoms. The van der Waals surface area contributed by atoms with Gasteiger partial charge in [0, 0.05) is 13.7 Å². The summed E-state index contributed by atoms with van der Waals surface area (Å²) < 4.78 is 31.2. The third-order valence-electron chi connectivity index (χ3n) is 4.49. The molecule has 0 atom stereocenters. The molecule has 0 aliphatic rings. The van der Waals surface area contributed by atoms with Crippen LogP contribution >= 0.6 is 11.6 Å². The number of carbonyl (C=O) groups is 1. The summed E-state index contributed by atoms with van der Waals surface area (Å²) in [6, 6.07) is 10.9. The standard InChI is InChI=1S/C22H23ClFN3O4/c1-4-30-14-27(18-13-25-26(2)22(18)23)21(28)12-15-5-10-19(20(11-15)29-3)31-17-8-6-16(24)7-9-17/h5-11,13H,4,12,14H2,1-3H3. The van der Waals surface area contributed by atoms with Gasteiger partial charge in [-0.1, -0.05) is 17.7 Å². The molecule has 1 amide bonds. The van der Waals surface area contributed by atoms with Crippen LogP contribution in [0.5, 0.6) is 17.2 Å². The topological polar surface area (TPSA) is 65.8 Å². The van der Waals surface area contributed by atoms with Crippen molar-refractivity contribution in [3.8, 4) is 17.2 Å². The average molecular weight is 448 g/mol. The number of anilines is 1. The third-order valence-corrected chi connectivity index (χ3v) is 4.93. The smallest absolute Gasteiger partial charge is 0.233 e. The minimum absolute atomic E-state index is 0.0592. The fourth-order valence-corrected chi connectivity index (χ4v) is 3.05. The Morgan fingerprint density at radius 1 is 1.19 bits per heavy atom. The van der Waals surface area contributed by atoms with Gasteiger partial charge in [-0.2, -0.15) is 5.10 Å². The number of methoxy groups -OCH3 is 1. The van der Waals surface area contributed by atoms with E-state index >= 15 is 0 Å². The van der Waals surface area contributed by atoms with E-state index in [1.807, 2.05) is 6.92 Å². The summed E-state index contributed by atoms with van der Waals surface area (Å²) in [5.74, 6) is 0.811. The Morgan fingerprint density at radius 3 is 2.55 bits per heavy atom. The van der Waals surface area contributed by atoms with E-state index in [1.165, 1.54) is 47.2 Å². The highest BCUT2D eigenvalue weighted by molar-refractivity contribution is 6.32. The first-order chi connectivity index (χ1) is 14.9. The van der Waals surface area contributed by atoms with E-state index in [0.29, 0.717) is 34.7 Å². The number of halogens is 2. The molecule has 2 aromatic carbocycles. The highest BCUT2D eigenvalue weighted by Crippen LogP contribution is 2.33. The van der Waals surface area contributed by atoms with Crippen LogP contribution < -0.4 is 14.4 Å². The Kier molecular flexibility index (Phi) is 7.49. The summed E-state index contributed by atoms with van der Waals surface area (Å²) in [5.41, 5.74) is 1.20. The molecule has 0 saturated carbocycles. The maximum atomic E-state index is 13.1. The molecule has 1 aromatic heterocycles. The summed E-state index contributed by atoms with van der Waals surface area (Å²) in [6.45, 7) is 2.35. The number of rotatable bonds is 9. The number of benzene rings is 2. The van der Waals surface area contributed by atoms with E-state index in [1.54, 1.807) is 25.2 Å². The Labute approximate surface area is 184 Å². The molecule has 0 radical (unpaired) electrons. The lowest BCUT2D eigenvalue weighted by Crippen LogP contribution is -2.34. The molecule has 31 heavy (non-hydrogen) atoms. The number of nitrogens with zero attached hydrogens (tertiary/aromatic N) is 3. The highest BCUT2D eigenvalue weighted by atomic mass is 35.5. The van der Waals surface area contributed by atoms with Gasteiger partial charge >= 0.3 is 0 Å². The first-order valence-corrected chi connectivity index (χ1v) is 9.96. The largest absolute Gasteiger partial charge is 0.493 e. The minimum atomic E-state index is -0.349. The summed E-state index contributed by atoms with van der Waals surface area (Å²) in [6.07, 6.45) is 1.62. The monoisotopic (exact) mass is 447 g/mol. The van der Waals surface area contributed by atoms with Crippen molar-refractivity contribution in [2.75, 3.05) is 25.3 Å². The molecule has 0 unspecified atom stereocenters. The normalized spacial score (nSPS) is 10.7. The summed E-state index contributed by atoms with van der Waals surface area (Å²) in [5, 5.41) is 4.44. The van der Waals surface area contributed by atoms with E-state index in [9.17, 15) is 9.18 Å². The Bertz CT molecular complexity index is 1040. The van der Waals surface area contributed by atoms with Crippen LogP contribution in [0.25, 0.3) is 0 Å². The predicted molar refractivity (Wildman–Crippen MR) is 115 cm³/mol. The highest BCUT2D eigenvalue weighted by Gasteiger charge is 2.22. The first kappa shape index (κ1) is 22.6. The molecule has 3 rings (SSSR count). The van der Waals surface area contributed by atoms with Crippen LogP contribution in [0.15, 0.2) is 48.7 Å². The first-order valence-electron chi connectivity index (χ1n) is 9.58. The van der Waals surface area contributed by atoms with E-state index in [4.69, 9.17) is 25.8 Å². The van der Waals surface area contributed by atoms with Gasteiger partial charge < -0.3 is 14.2 Å². The number of amides is 1. The second-order valence-electron chi connectivity index (χ2n) is 6.61. The zero-order chi connectivity index (χ0) is 22.4. The van der Waals surface area contributed by atoms with Crippen molar-refractivity contribution in [2.45, 2.75) is 13.3 Å². The van der Waals surface area contributed by atoms with Crippen LogP contribution in [-0.4, -0.2) is 36.1 Å². The van der Waals surface area contributed by atoms with E-state index in [2.05, 4.69) is 5.10 Å². The molecule has 0 spiro atoms. The van der Waals surface area contributed by atoms with Gasteiger partial charge in [-0.15, -0.1) is 0 Å². The molecule has 3 aromatic rings. The van der Waals surface area contributed by atoms with Crippen molar-refractivity contribution >= 4 is 23.2 Å². The van der Waals surface area contributed by atoms with Crippen molar-refractivity contribution in [3.63, 3.8) is 0 Å². The summed E-state index contributed by atoms with van der Waals surface area (Å²) >= 11 is 6.28. The van der Waals surface area contributed by atoms with Crippen molar-refractivity contribution < 1.29 is 23.4 Å². The fraction of sp³-hybridized carbons (Fsp3) is 0.273. The fourth-order valence-electron chi connectivity index (χ4n) is 2.86. The second-order valence-corrected chi connectivity index (χ2v) is 6.96. The zero-order valence-electron chi connectivity index (χ0n) is 17.5. The SMILES string of the molecule is CCOCN(C(=O)Cc1ccc(Oc2ccc(F)cc2)c(OC)c1)c1cnn(C)c1Cl. The van der Waals surface area contributed by atoms with Crippen molar-refractivity contribution in [3.05, 3.63) is 65.2 Å². The lowest BCUT2D eigenvalue weighted by atomic mass is 10.1. The van der Waals surface area contributed by atoms with Gasteiger partial charge in [0.2, 0.25) is 5.91 Å². The van der Waals surface area contributed by atoms with Crippen LogP contribution in [0, 0.1) is 5.82 Å². The molecule has 0 fully saturated rings. The Hall–Kier alpha value is -3.10. The van der Waals surface area contributed by atoms with Crippen molar-refractivity contribution in [2.24, 2.45) is 7.05 Å². The van der Waals surface area contributed by atoms with Gasteiger partial charge in [-0.05, 0) is 48.9 Å². The van der Waals surface area contributed by atoms with Crippen LogP contribution in [0.1, 0.15) is 12.5 Å². The zero-order valence-corrected chi connectivity index (χ0v) is 18.2. The van der Waals surface area contributed by atoms with Gasteiger partial charge in [-0.25, -0.2) is 4.39 Å². The quantitative estimate of drug-likeness (QED) is 0.449. The summed E-state index contributed by atoms with van der Waals surface area (Å²) in [7, 11) is 3.20. The molecule has 1 heterocycles. The number of ether oxygens (including phenoxy) is 3. The number of aromatic nitrogens is 2. The molecule has 0 aliphatic heterocycles. The lowest BCUT2D eigenvalue weighted by Gasteiger charge is -2.21. The van der Waals surface area contributed by atoms with Crippen molar-refractivity contribution in [1.82, 2.24) is 9.78 Å². The van der Waals surface area contributed by atoms with Crippen LogP contribution in [-0.2, 0) is 23.0 Å². The molecule has 0 aliphatic carbocycles. The van der Waals surface area contributed by atoms with Crippen LogP contribution in [0.2, 0.25) is 5.15 Å². The minimum Gasteiger partial charge on any atom is -0.493 e. The van der Waals surface area contributed by atoms with Gasteiger partial charge in [0.1, 0.15) is 24.0 Å². The molecule has 0 saturated heterocycles. The maximum absolute atomic E-state index is 13.1. The van der Waals surface area contributed by atoms with Crippen LogP contribution in [0.3, 0.4) is 0 Å². The van der Waals surface area contributed by atoms with E-state index in [0.717, 1.165) is 5.56 Å². The molecule has 7 nitrogen and oxygen atoms in total. The Morgan fingerprint density at radius 2 is 1.94 bits per heavy atom. The molecule has 0 N–H and O–H groups in total. The van der Waals surface area contributed by atoms with Crippen LogP contribution in [0.4, 0.5) is 10.1 Å². The predicted octanol–water partition coefficient (Wildman–Crippen LogP) is 4.58. The molecule has 164 valence electrons. The third kappa shape index (κ3) is 5.53. The number of hydrogen-bond donors (Lipinski definition) is 0. The number of aryl methyl sites for hydroxylation is 1. The number of carbonyl (C=O) groups excluding carboxylic acids is 1. The van der Waals surface area contributed by atoms with Gasteiger partial charge in [0.25, 0.3) is 0 Å². The van der Waals surface area contributed by atoms with E-state index < -0.39 is 0 Å². The average Bonchev–Trinajstić information content (AvgIpc) is 3.09. The van der Waals surface area contributed by atoms with Gasteiger partial charge in [0.05, 0.1) is 19.7 Å². The van der Waals surface area contributed by atoms with Gasteiger partial charge in [0.15, 0.2) is 16.7 Å². The van der Waals surface area contributed by atoms with Gasteiger partial charge in [-0.3, -0.25) is 14.4 Å². The second kappa shape index (κ2) is 10.3. The molecular weight excluding hydrogens is 425 g/mol. The van der Waals surface area contributed by atoms with E-state index in [-0.39, 0.29) is 24.9 Å². The molecule has 9 heteroatoms. The molecular formula is C22H23ClFN3O4. The summed E-state index contributed by atoms with van der Waals surface area (Å²) in [4.78, 5) is 14.5.